The van der Waals surface area contributed by atoms with Crippen LogP contribution in [0.25, 0.3) is 11.3 Å². The number of nitrogens with one attached hydrogen (secondary N) is 1. The van der Waals surface area contributed by atoms with Crippen molar-refractivity contribution in [2.24, 2.45) is 0 Å². The smallest absolute Gasteiger partial charge is 0.266 e. The largest absolute Gasteiger partial charge is 0.355 e. The Labute approximate surface area is 146 Å². The maximum Gasteiger partial charge on any atom is 0.266 e. The van der Waals surface area contributed by atoms with Gasteiger partial charge >= 0.3 is 0 Å². The van der Waals surface area contributed by atoms with Gasteiger partial charge in [-0.15, -0.1) is 0 Å². The van der Waals surface area contributed by atoms with E-state index in [1.807, 2.05) is 31.1 Å². The van der Waals surface area contributed by atoms with Crippen LogP contribution < -0.4 is 10.9 Å². The van der Waals surface area contributed by atoms with Crippen LogP contribution in [0.5, 0.6) is 0 Å². The van der Waals surface area contributed by atoms with Crippen molar-refractivity contribution < 1.29 is 4.79 Å². The second-order valence-corrected chi connectivity index (χ2v) is 6.13. The van der Waals surface area contributed by atoms with Gasteiger partial charge in [0.05, 0.1) is 12.2 Å². The van der Waals surface area contributed by atoms with Gasteiger partial charge < -0.3 is 10.2 Å². The first-order chi connectivity index (χ1) is 11.5. The average Bonchev–Trinajstić information content (AvgIpc) is 2.53. The molecule has 0 aliphatic rings. The first-order valence-corrected chi connectivity index (χ1v) is 8.09. The molecule has 2 aromatic rings. The van der Waals surface area contributed by atoms with Crippen LogP contribution in [-0.4, -0.2) is 47.8 Å². The molecule has 1 amide bonds. The molecule has 128 valence electrons. The number of carbonyl (C=O) groups excluding carboxylic acids is 1. The molecule has 0 spiro atoms. The maximum atomic E-state index is 11.9. The van der Waals surface area contributed by atoms with Crippen molar-refractivity contribution in [3.05, 3.63) is 51.8 Å². The number of aryl methyl sites for hydroxylation is 1. The van der Waals surface area contributed by atoms with Crippen molar-refractivity contribution in [3.63, 3.8) is 0 Å². The second-order valence-electron chi connectivity index (χ2n) is 5.69. The highest BCUT2D eigenvalue weighted by molar-refractivity contribution is 6.30. The van der Waals surface area contributed by atoms with Crippen LogP contribution in [0.4, 0.5) is 0 Å². The van der Waals surface area contributed by atoms with Crippen LogP contribution in [0.1, 0.15) is 6.42 Å². The molecule has 1 aromatic heterocycles. The van der Waals surface area contributed by atoms with Crippen LogP contribution >= 0.6 is 11.6 Å². The van der Waals surface area contributed by atoms with Crippen LogP contribution in [0.2, 0.25) is 5.02 Å². The molecule has 0 unspecified atom stereocenters. The van der Waals surface area contributed by atoms with Gasteiger partial charge in [0.15, 0.2) is 0 Å². The Morgan fingerprint density at radius 1 is 1.29 bits per heavy atom. The lowest BCUT2D eigenvalue weighted by Gasteiger charge is -2.11. The Bertz CT molecular complexity index is 758. The lowest BCUT2D eigenvalue weighted by atomic mass is 10.1. The molecule has 0 atom stereocenters. The molecule has 1 heterocycles. The minimum absolute atomic E-state index is 0.0984. The van der Waals surface area contributed by atoms with Gasteiger partial charge in [-0.05, 0) is 32.3 Å². The van der Waals surface area contributed by atoms with Crippen molar-refractivity contribution in [2.75, 3.05) is 27.2 Å². The van der Waals surface area contributed by atoms with Gasteiger partial charge in [0.2, 0.25) is 5.91 Å². The summed E-state index contributed by atoms with van der Waals surface area (Å²) in [6, 6.07) is 10.4. The molecular weight excluding hydrogens is 328 g/mol. The second kappa shape index (κ2) is 8.61. The molecule has 2 rings (SSSR count). The molecule has 1 N–H and O–H groups in total. The molecule has 0 aliphatic heterocycles. The van der Waals surface area contributed by atoms with E-state index in [9.17, 15) is 9.59 Å². The fourth-order valence-electron chi connectivity index (χ4n) is 2.13. The van der Waals surface area contributed by atoms with Gasteiger partial charge in [-0.3, -0.25) is 9.59 Å². The quantitative estimate of drug-likeness (QED) is 0.826. The Morgan fingerprint density at radius 2 is 2.08 bits per heavy atom. The molecule has 1 aromatic carbocycles. The molecule has 7 heteroatoms. The van der Waals surface area contributed by atoms with Crippen molar-refractivity contribution in [2.45, 2.75) is 13.0 Å². The molecule has 0 aliphatic carbocycles. The number of rotatable bonds is 7. The number of hydrogen-bond donors (Lipinski definition) is 1. The Morgan fingerprint density at radius 3 is 2.79 bits per heavy atom. The van der Waals surface area contributed by atoms with E-state index in [0.717, 1.165) is 12.1 Å². The molecular formula is C17H21ClN4O2. The summed E-state index contributed by atoms with van der Waals surface area (Å²) >= 11 is 5.99. The summed E-state index contributed by atoms with van der Waals surface area (Å²) in [5.74, 6) is -0.0984. The zero-order valence-electron chi connectivity index (χ0n) is 13.8. The number of benzene rings is 1. The van der Waals surface area contributed by atoms with E-state index >= 15 is 0 Å². The Hall–Kier alpha value is -2.18. The summed E-state index contributed by atoms with van der Waals surface area (Å²) in [6.07, 6.45) is 0.208. The van der Waals surface area contributed by atoms with Gasteiger partial charge in [-0.2, -0.15) is 5.10 Å². The van der Waals surface area contributed by atoms with Gasteiger partial charge in [0, 0.05) is 36.2 Å². The van der Waals surface area contributed by atoms with Gasteiger partial charge in [-0.25, -0.2) is 4.68 Å². The third-order valence-electron chi connectivity index (χ3n) is 3.42. The highest BCUT2D eigenvalue weighted by Gasteiger charge is 2.07. The van der Waals surface area contributed by atoms with E-state index in [-0.39, 0.29) is 24.4 Å². The van der Waals surface area contributed by atoms with Crippen molar-refractivity contribution in [3.8, 4) is 11.3 Å². The molecule has 0 fully saturated rings. The average molecular weight is 349 g/mol. The summed E-state index contributed by atoms with van der Waals surface area (Å²) in [5.41, 5.74) is 1.23. The summed E-state index contributed by atoms with van der Waals surface area (Å²) in [5, 5.41) is 7.74. The monoisotopic (exact) mass is 348 g/mol. The minimum atomic E-state index is -0.234. The molecule has 0 bridgehead atoms. The standard InChI is InChI=1S/C17H21ClN4O2/c1-21(2)11-9-19-16(23)8-10-22-17(24)7-6-15(20-22)13-4-3-5-14(18)12-13/h3-7,12H,8-11H2,1-2H3,(H,19,23). The maximum absolute atomic E-state index is 11.9. The topological polar surface area (TPSA) is 67.2 Å². The first-order valence-electron chi connectivity index (χ1n) is 7.71. The summed E-state index contributed by atoms with van der Waals surface area (Å²) in [7, 11) is 3.88. The van der Waals surface area contributed by atoms with E-state index in [4.69, 9.17) is 11.6 Å². The van der Waals surface area contributed by atoms with Crippen LogP contribution in [0.3, 0.4) is 0 Å². The summed E-state index contributed by atoms with van der Waals surface area (Å²) in [6.45, 7) is 1.59. The van der Waals surface area contributed by atoms with E-state index in [2.05, 4.69) is 10.4 Å². The van der Waals surface area contributed by atoms with Crippen LogP contribution in [-0.2, 0) is 11.3 Å². The predicted molar refractivity (Wildman–Crippen MR) is 95.1 cm³/mol. The fraction of sp³-hybridized carbons (Fsp3) is 0.353. The highest BCUT2D eigenvalue weighted by atomic mass is 35.5. The number of hydrogen-bond acceptors (Lipinski definition) is 4. The zero-order valence-corrected chi connectivity index (χ0v) is 14.6. The molecule has 0 saturated heterocycles. The Kier molecular flexibility index (Phi) is 6.52. The van der Waals surface area contributed by atoms with Crippen LogP contribution in [0.15, 0.2) is 41.2 Å². The first kappa shape index (κ1) is 18.2. The summed E-state index contributed by atoms with van der Waals surface area (Å²) < 4.78 is 1.31. The number of amides is 1. The van der Waals surface area contributed by atoms with Crippen LogP contribution in [0, 0.1) is 0 Å². The lowest BCUT2D eigenvalue weighted by molar-refractivity contribution is -0.121. The third-order valence-corrected chi connectivity index (χ3v) is 3.65. The number of carbonyl (C=O) groups is 1. The number of nitrogens with zero attached hydrogens (tertiary/aromatic N) is 3. The summed E-state index contributed by atoms with van der Waals surface area (Å²) in [4.78, 5) is 25.7. The van der Waals surface area contributed by atoms with Crippen molar-refractivity contribution in [1.29, 1.82) is 0 Å². The van der Waals surface area contributed by atoms with Gasteiger partial charge in [0.25, 0.3) is 5.56 Å². The number of likely N-dealkylation sites (N-methyl/N-ethyl adjacent to an activating group) is 1. The number of aromatic nitrogens is 2. The Balaban J connectivity index is 2.01. The fourth-order valence-corrected chi connectivity index (χ4v) is 2.32. The SMILES string of the molecule is CN(C)CCNC(=O)CCn1nc(-c2cccc(Cl)c2)ccc1=O. The third kappa shape index (κ3) is 5.47. The van der Waals surface area contributed by atoms with Gasteiger partial charge in [0.1, 0.15) is 0 Å². The molecule has 24 heavy (non-hydrogen) atoms. The zero-order chi connectivity index (χ0) is 17.5. The molecule has 6 nitrogen and oxygen atoms in total. The predicted octanol–water partition coefficient (Wildman–Crippen LogP) is 1.63. The van der Waals surface area contributed by atoms with Gasteiger partial charge in [-0.1, -0.05) is 23.7 Å². The minimum Gasteiger partial charge on any atom is -0.355 e. The van der Waals surface area contributed by atoms with E-state index in [1.54, 1.807) is 18.2 Å². The van der Waals surface area contributed by atoms with E-state index < -0.39 is 0 Å². The lowest BCUT2D eigenvalue weighted by Crippen LogP contribution is -2.33. The van der Waals surface area contributed by atoms with Crippen molar-refractivity contribution in [1.82, 2.24) is 20.0 Å². The highest BCUT2D eigenvalue weighted by Crippen LogP contribution is 2.19. The van der Waals surface area contributed by atoms with E-state index in [0.29, 0.717) is 17.3 Å². The molecule has 0 saturated carbocycles. The van der Waals surface area contributed by atoms with Crippen molar-refractivity contribution >= 4 is 17.5 Å². The normalized spacial score (nSPS) is 10.8. The van der Waals surface area contributed by atoms with E-state index in [1.165, 1.54) is 10.7 Å². The number of halogens is 1. The molecule has 0 radical (unpaired) electrons.